The maximum Gasteiger partial charge on any atom is 0.308 e. The quantitative estimate of drug-likeness (QED) is 0.832. The van der Waals surface area contributed by atoms with Crippen LogP contribution in [0.1, 0.15) is 43.4 Å². The number of aliphatic carboxylic acids is 1. The smallest absolute Gasteiger partial charge is 0.308 e. The van der Waals surface area contributed by atoms with Gasteiger partial charge in [0.1, 0.15) is 0 Å². The molecule has 114 valence electrons. The van der Waals surface area contributed by atoms with Gasteiger partial charge in [-0.15, -0.1) is 0 Å². The van der Waals surface area contributed by atoms with Crippen LogP contribution in [-0.4, -0.2) is 28.0 Å². The molecule has 1 fully saturated rings. The second-order valence-corrected chi connectivity index (χ2v) is 5.74. The van der Waals surface area contributed by atoms with Crippen molar-refractivity contribution >= 4 is 11.9 Å². The molecule has 0 unspecified atom stereocenters. The van der Waals surface area contributed by atoms with Gasteiger partial charge in [0.25, 0.3) is 0 Å². The van der Waals surface area contributed by atoms with Gasteiger partial charge < -0.3 is 10.4 Å². The van der Waals surface area contributed by atoms with E-state index in [9.17, 15) is 14.7 Å². The highest BCUT2D eigenvalue weighted by Crippen LogP contribution is 2.24. The molecule has 0 radical (unpaired) electrons. The number of carbonyl (C=O) groups excluding carboxylic acids is 1. The Morgan fingerprint density at radius 3 is 2.71 bits per heavy atom. The van der Waals surface area contributed by atoms with Crippen LogP contribution in [-0.2, 0) is 16.0 Å². The molecule has 1 aliphatic carbocycles. The first-order chi connectivity index (χ1) is 10.1. The molecule has 0 spiro atoms. The standard InChI is InChI=1S/C16H22N2O3/c1-11-7-8-12(10-17-11)9-15(19)18-14-6-4-2-3-5-13(14)16(20)21/h7-8,10,13-14H,2-6,9H2,1H3,(H,18,19)(H,20,21)/t13-,14+/m1/s1. The van der Waals surface area contributed by atoms with Crippen LogP contribution in [0, 0.1) is 12.8 Å². The Labute approximate surface area is 124 Å². The number of rotatable bonds is 4. The van der Waals surface area contributed by atoms with Crippen molar-refractivity contribution in [1.29, 1.82) is 0 Å². The minimum absolute atomic E-state index is 0.126. The minimum Gasteiger partial charge on any atom is -0.481 e. The van der Waals surface area contributed by atoms with Crippen LogP contribution < -0.4 is 5.32 Å². The average Bonchev–Trinajstić information content (AvgIpc) is 2.67. The van der Waals surface area contributed by atoms with Crippen LogP contribution in [0.25, 0.3) is 0 Å². The number of pyridine rings is 1. The third-order valence-electron chi connectivity index (χ3n) is 4.02. The number of aryl methyl sites for hydroxylation is 1. The zero-order chi connectivity index (χ0) is 15.2. The molecule has 2 atom stereocenters. The molecule has 21 heavy (non-hydrogen) atoms. The third kappa shape index (κ3) is 4.55. The van der Waals surface area contributed by atoms with Gasteiger partial charge in [-0.3, -0.25) is 14.6 Å². The van der Waals surface area contributed by atoms with Crippen molar-refractivity contribution in [3.63, 3.8) is 0 Å². The molecule has 1 heterocycles. The van der Waals surface area contributed by atoms with Crippen LogP contribution in [0.15, 0.2) is 18.3 Å². The highest BCUT2D eigenvalue weighted by molar-refractivity contribution is 5.80. The zero-order valence-corrected chi connectivity index (χ0v) is 12.3. The highest BCUT2D eigenvalue weighted by atomic mass is 16.4. The Kier molecular flexibility index (Phi) is 5.31. The predicted molar refractivity (Wildman–Crippen MR) is 78.8 cm³/mol. The number of hydrogen-bond acceptors (Lipinski definition) is 3. The van der Waals surface area contributed by atoms with Gasteiger partial charge >= 0.3 is 5.97 Å². The van der Waals surface area contributed by atoms with Gasteiger partial charge in [0.05, 0.1) is 12.3 Å². The summed E-state index contributed by atoms with van der Waals surface area (Å²) in [5.41, 5.74) is 1.76. The number of nitrogens with one attached hydrogen (secondary N) is 1. The number of carboxylic acid groups (broad SMARTS) is 1. The summed E-state index contributed by atoms with van der Waals surface area (Å²) < 4.78 is 0. The Morgan fingerprint density at radius 1 is 1.29 bits per heavy atom. The van der Waals surface area contributed by atoms with E-state index in [0.29, 0.717) is 6.42 Å². The van der Waals surface area contributed by atoms with E-state index in [0.717, 1.165) is 36.9 Å². The fraction of sp³-hybridized carbons (Fsp3) is 0.562. The molecule has 2 rings (SSSR count). The Morgan fingerprint density at radius 2 is 2.05 bits per heavy atom. The van der Waals surface area contributed by atoms with Gasteiger partial charge in [-0.2, -0.15) is 0 Å². The van der Waals surface area contributed by atoms with Gasteiger partial charge in [0.15, 0.2) is 0 Å². The van der Waals surface area contributed by atoms with Crippen LogP contribution in [0.3, 0.4) is 0 Å². The van der Waals surface area contributed by atoms with E-state index >= 15 is 0 Å². The summed E-state index contributed by atoms with van der Waals surface area (Å²) in [4.78, 5) is 27.6. The van der Waals surface area contributed by atoms with Crippen molar-refractivity contribution in [2.24, 2.45) is 5.92 Å². The monoisotopic (exact) mass is 290 g/mol. The molecule has 0 aromatic carbocycles. The number of nitrogens with zero attached hydrogens (tertiary/aromatic N) is 1. The Hall–Kier alpha value is -1.91. The maximum atomic E-state index is 12.1. The van der Waals surface area contributed by atoms with Gasteiger partial charge in [-0.1, -0.05) is 25.3 Å². The first kappa shape index (κ1) is 15.5. The lowest BCUT2D eigenvalue weighted by molar-refractivity contribution is -0.143. The molecule has 1 amide bonds. The summed E-state index contributed by atoms with van der Waals surface area (Å²) in [6.45, 7) is 1.90. The molecular weight excluding hydrogens is 268 g/mol. The summed E-state index contributed by atoms with van der Waals surface area (Å²) >= 11 is 0. The van der Waals surface area contributed by atoms with E-state index in [1.54, 1.807) is 6.20 Å². The van der Waals surface area contributed by atoms with Gasteiger partial charge in [0, 0.05) is 17.9 Å². The summed E-state index contributed by atoms with van der Waals surface area (Å²) in [6.07, 6.45) is 6.26. The summed E-state index contributed by atoms with van der Waals surface area (Å²) in [7, 11) is 0. The van der Waals surface area contributed by atoms with E-state index in [4.69, 9.17) is 0 Å². The molecule has 2 N–H and O–H groups in total. The molecule has 5 nitrogen and oxygen atoms in total. The van der Waals surface area contributed by atoms with E-state index < -0.39 is 11.9 Å². The molecule has 1 saturated carbocycles. The van der Waals surface area contributed by atoms with Crippen molar-refractivity contribution in [3.05, 3.63) is 29.6 Å². The topological polar surface area (TPSA) is 79.3 Å². The highest BCUT2D eigenvalue weighted by Gasteiger charge is 2.30. The largest absolute Gasteiger partial charge is 0.481 e. The SMILES string of the molecule is Cc1ccc(CC(=O)N[C@H]2CCCCC[C@H]2C(=O)O)cn1. The van der Waals surface area contributed by atoms with Crippen molar-refractivity contribution in [2.45, 2.75) is 51.5 Å². The fourth-order valence-corrected chi connectivity index (χ4v) is 2.82. The van der Waals surface area contributed by atoms with Gasteiger partial charge in [-0.05, 0) is 31.4 Å². The Bertz CT molecular complexity index is 499. The van der Waals surface area contributed by atoms with Crippen molar-refractivity contribution < 1.29 is 14.7 Å². The van der Waals surface area contributed by atoms with Crippen LogP contribution in [0.4, 0.5) is 0 Å². The number of carboxylic acids is 1. The predicted octanol–water partition coefficient (Wildman–Crippen LogP) is 2.08. The van der Waals surface area contributed by atoms with Crippen LogP contribution in [0.5, 0.6) is 0 Å². The molecule has 1 aliphatic rings. The molecule has 0 bridgehead atoms. The first-order valence-corrected chi connectivity index (χ1v) is 7.50. The van der Waals surface area contributed by atoms with Crippen molar-refractivity contribution in [2.75, 3.05) is 0 Å². The number of amides is 1. The molecular formula is C16H22N2O3. The average molecular weight is 290 g/mol. The lowest BCUT2D eigenvalue weighted by Gasteiger charge is -2.22. The lowest BCUT2D eigenvalue weighted by atomic mass is 9.94. The van der Waals surface area contributed by atoms with E-state index in [-0.39, 0.29) is 18.4 Å². The second-order valence-electron chi connectivity index (χ2n) is 5.74. The van der Waals surface area contributed by atoms with Crippen LogP contribution >= 0.6 is 0 Å². The summed E-state index contributed by atoms with van der Waals surface area (Å²) in [6, 6.07) is 3.49. The van der Waals surface area contributed by atoms with Crippen molar-refractivity contribution in [3.8, 4) is 0 Å². The second kappa shape index (κ2) is 7.20. The first-order valence-electron chi connectivity index (χ1n) is 7.50. The molecule has 0 aliphatic heterocycles. The lowest BCUT2D eigenvalue weighted by Crippen LogP contribution is -2.43. The number of carbonyl (C=O) groups is 2. The van der Waals surface area contributed by atoms with Crippen molar-refractivity contribution in [1.82, 2.24) is 10.3 Å². The number of hydrogen-bond donors (Lipinski definition) is 2. The molecule has 5 heteroatoms. The third-order valence-corrected chi connectivity index (χ3v) is 4.02. The van der Waals surface area contributed by atoms with E-state index in [1.165, 1.54) is 0 Å². The molecule has 0 saturated heterocycles. The van der Waals surface area contributed by atoms with Crippen LogP contribution in [0.2, 0.25) is 0 Å². The maximum absolute atomic E-state index is 12.1. The van der Waals surface area contributed by atoms with E-state index in [2.05, 4.69) is 10.3 Å². The normalized spacial score (nSPS) is 22.3. The molecule has 1 aromatic heterocycles. The Balaban J connectivity index is 1.96. The van der Waals surface area contributed by atoms with E-state index in [1.807, 2.05) is 19.1 Å². The van der Waals surface area contributed by atoms with Gasteiger partial charge in [-0.25, -0.2) is 0 Å². The zero-order valence-electron chi connectivity index (χ0n) is 12.3. The summed E-state index contributed by atoms with van der Waals surface area (Å²) in [5, 5.41) is 12.2. The molecule has 1 aromatic rings. The number of aromatic nitrogens is 1. The fourth-order valence-electron chi connectivity index (χ4n) is 2.82. The summed E-state index contributed by atoms with van der Waals surface area (Å²) in [5.74, 6) is -1.40. The minimum atomic E-state index is -0.806. The van der Waals surface area contributed by atoms with Gasteiger partial charge in [0.2, 0.25) is 5.91 Å².